The van der Waals surface area contributed by atoms with Gasteiger partial charge in [-0.3, -0.25) is 9.59 Å². The highest BCUT2D eigenvalue weighted by molar-refractivity contribution is 9.10. The van der Waals surface area contributed by atoms with Crippen LogP contribution in [0.2, 0.25) is 0 Å². The Morgan fingerprint density at radius 2 is 1.73 bits per heavy atom. The van der Waals surface area contributed by atoms with E-state index < -0.39 is 5.91 Å². The van der Waals surface area contributed by atoms with E-state index in [-0.39, 0.29) is 17.4 Å². The average Bonchev–Trinajstić information content (AvgIpc) is 2.87. The standard InChI is InChI=1S/C16H11BrN2O3/c17-10-7-5-9(6-8-10)16(21)19-13-11-3-1-2-4-12(11)22-14(13)15(18)20/h1-8H,(H2,18,20)(H,19,21). The summed E-state index contributed by atoms with van der Waals surface area (Å²) < 4.78 is 6.29. The summed E-state index contributed by atoms with van der Waals surface area (Å²) in [5, 5.41) is 3.33. The van der Waals surface area contributed by atoms with Gasteiger partial charge in [0.05, 0.1) is 0 Å². The van der Waals surface area contributed by atoms with E-state index in [1.807, 2.05) is 0 Å². The zero-order chi connectivity index (χ0) is 15.7. The molecule has 22 heavy (non-hydrogen) atoms. The lowest BCUT2D eigenvalue weighted by atomic mass is 10.2. The molecule has 0 aliphatic rings. The minimum Gasteiger partial charge on any atom is -0.449 e. The number of carbonyl (C=O) groups excluding carboxylic acids is 2. The predicted molar refractivity (Wildman–Crippen MR) is 86.8 cm³/mol. The van der Waals surface area contributed by atoms with Crippen molar-refractivity contribution in [3.63, 3.8) is 0 Å². The molecule has 3 aromatic rings. The van der Waals surface area contributed by atoms with Crippen molar-refractivity contribution in [3.8, 4) is 0 Å². The van der Waals surface area contributed by atoms with Crippen molar-refractivity contribution in [1.82, 2.24) is 0 Å². The molecule has 0 bridgehead atoms. The van der Waals surface area contributed by atoms with Gasteiger partial charge in [0.2, 0.25) is 5.76 Å². The van der Waals surface area contributed by atoms with Crippen molar-refractivity contribution < 1.29 is 14.0 Å². The Morgan fingerprint density at radius 3 is 2.41 bits per heavy atom. The Morgan fingerprint density at radius 1 is 1.05 bits per heavy atom. The van der Waals surface area contributed by atoms with Gasteiger partial charge in [0.15, 0.2) is 0 Å². The number of fused-ring (bicyclic) bond motifs is 1. The first-order valence-corrected chi connectivity index (χ1v) is 7.24. The summed E-state index contributed by atoms with van der Waals surface area (Å²) in [4.78, 5) is 23.8. The van der Waals surface area contributed by atoms with Gasteiger partial charge < -0.3 is 15.5 Å². The smallest absolute Gasteiger partial charge is 0.286 e. The number of amides is 2. The van der Waals surface area contributed by atoms with Gasteiger partial charge in [-0.2, -0.15) is 0 Å². The molecule has 110 valence electrons. The molecule has 0 saturated carbocycles. The molecule has 0 aliphatic carbocycles. The SMILES string of the molecule is NC(=O)c1oc2ccccc2c1NC(=O)c1ccc(Br)cc1. The Labute approximate surface area is 134 Å². The molecule has 3 rings (SSSR count). The summed E-state index contributed by atoms with van der Waals surface area (Å²) in [6.45, 7) is 0. The highest BCUT2D eigenvalue weighted by Gasteiger charge is 2.20. The molecule has 1 heterocycles. The monoisotopic (exact) mass is 358 g/mol. The molecule has 1 aromatic heterocycles. The first kappa shape index (κ1) is 14.3. The highest BCUT2D eigenvalue weighted by Crippen LogP contribution is 2.31. The van der Waals surface area contributed by atoms with Crippen molar-refractivity contribution in [2.24, 2.45) is 5.73 Å². The summed E-state index contributed by atoms with van der Waals surface area (Å²) in [7, 11) is 0. The van der Waals surface area contributed by atoms with Crippen LogP contribution in [0.25, 0.3) is 11.0 Å². The second-order valence-electron chi connectivity index (χ2n) is 4.63. The molecule has 6 heteroatoms. The van der Waals surface area contributed by atoms with Crippen LogP contribution in [-0.2, 0) is 0 Å². The van der Waals surface area contributed by atoms with Crippen LogP contribution in [0.5, 0.6) is 0 Å². The Balaban J connectivity index is 2.02. The summed E-state index contributed by atoms with van der Waals surface area (Å²) in [5.74, 6) is -1.14. The molecule has 0 aliphatic heterocycles. The molecule has 0 fully saturated rings. The van der Waals surface area contributed by atoms with E-state index in [0.29, 0.717) is 16.5 Å². The van der Waals surface area contributed by atoms with Crippen LogP contribution >= 0.6 is 15.9 Å². The number of hydrogen-bond donors (Lipinski definition) is 2. The van der Waals surface area contributed by atoms with Gasteiger partial charge in [-0.15, -0.1) is 0 Å². The minimum atomic E-state index is -0.734. The molecule has 2 aromatic carbocycles. The number of para-hydroxylation sites is 1. The van der Waals surface area contributed by atoms with Crippen LogP contribution in [0.3, 0.4) is 0 Å². The second-order valence-corrected chi connectivity index (χ2v) is 5.54. The van der Waals surface area contributed by atoms with Gasteiger partial charge in [-0.1, -0.05) is 28.1 Å². The number of nitrogens with two attached hydrogens (primary N) is 1. The fraction of sp³-hybridized carbons (Fsp3) is 0. The third-order valence-corrected chi connectivity index (χ3v) is 3.69. The number of halogens is 1. The second kappa shape index (κ2) is 5.65. The lowest BCUT2D eigenvalue weighted by Gasteiger charge is -2.05. The van der Waals surface area contributed by atoms with Crippen LogP contribution in [-0.4, -0.2) is 11.8 Å². The maximum atomic E-state index is 12.3. The van der Waals surface area contributed by atoms with Crippen molar-refractivity contribution >= 4 is 44.4 Å². The van der Waals surface area contributed by atoms with Crippen LogP contribution in [0, 0.1) is 0 Å². The van der Waals surface area contributed by atoms with E-state index in [4.69, 9.17) is 10.2 Å². The predicted octanol–water partition coefficient (Wildman–Crippen LogP) is 3.55. The van der Waals surface area contributed by atoms with Crippen molar-refractivity contribution in [3.05, 3.63) is 64.3 Å². The van der Waals surface area contributed by atoms with Gasteiger partial charge in [0.1, 0.15) is 11.3 Å². The molecule has 2 amide bonds. The van der Waals surface area contributed by atoms with E-state index in [1.54, 1.807) is 48.5 Å². The van der Waals surface area contributed by atoms with E-state index in [1.165, 1.54) is 0 Å². The summed E-state index contributed by atoms with van der Waals surface area (Å²) in [6.07, 6.45) is 0. The number of carbonyl (C=O) groups is 2. The topological polar surface area (TPSA) is 85.3 Å². The maximum absolute atomic E-state index is 12.3. The van der Waals surface area contributed by atoms with E-state index in [0.717, 1.165) is 4.47 Å². The lowest BCUT2D eigenvalue weighted by molar-refractivity contribution is 0.0977. The molecular weight excluding hydrogens is 348 g/mol. The van der Waals surface area contributed by atoms with E-state index in [9.17, 15) is 9.59 Å². The molecular formula is C16H11BrN2O3. The third kappa shape index (κ3) is 2.60. The molecule has 0 spiro atoms. The molecule has 0 saturated heterocycles. The van der Waals surface area contributed by atoms with Crippen LogP contribution in [0.15, 0.2) is 57.4 Å². The van der Waals surface area contributed by atoms with Crippen LogP contribution < -0.4 is 11.1 Å². The summed E-state index contributed by atoms with van der Waals surface area (Å²) >= 11 is 3.31. The Bertz CT molecular complexity index is 869. The molecule has 3 N–H and O–H groups in total. The van der Waals surface area contributed by atoms with Gasteiger partial charge >= 0.3 is 0 Å². The molecule has 5 nitrogen and oxygen atoms in total. The lowest BCUT2D eigenvalue weighted by Crippen LogP contribution is -2.17. The minimum absolute atomic E-state index is 0.0633. The molecule has 0 unspecified atom stereocenters. The van der Waals surface area contributed by atoms with Gasteiger partial charge in [0.25, 0.3) is 11.8 Å². The number of hydrogen-bond acceptors (Lipinski definition) is 3. The third-order valence-electron chi connectivity index (χ3n) is 3.16. The van der Waals surface area contributed by atoms with Crippen molar-refractivity contribution in [1.29, 1.82) is 0 Å². The zero-order valence-electron chi connectivity index (χ0n) is 11.3. The normalized spacial score (nSPS) is 10.6. The number of anilines is 1. The highest BCUT2D eigenvalue weighted by atomic mass is 79.9. The number of primary amides is 1. The fourth-order valence-corrected chi connectivity index (χ4v) is 2.39. The molecule has 0 atom stereocenters. The maximum Gasteiger partial charge on any atom is 0.286 e. The summed E-state index contributed by atoms with van der Waals surface area (Å²) in [5.41, 5.74) is 6.56. The van der Waals surface area contributed by atoms with Crippen molar-refractivity contribution in [2.45, 2.75) is 0 Å². The van der Waals surface area contributed by atoms with E-state index >= 15 is 0 Å². The van der Waals surface area contributed by atoms with Gasteiger partial charge in [-0.05, 0) is 36.4 Å². The number of furan rings is 1. The van der Waals surface area contributed by atoms with Crippen LogP contribution in [0.4, 0.5) is 5.69 Å². The quantitative estimate of drug-likeness (QED) is 0.750. The van der Waals surface area contributed by atoms with Gasteiger partial charge in [-0.25, -0.2) is 0 Å². The first-order valence-electron chi connectivity index (χ1n) is 6.44. The Hall–Kier alpha value is -2.60. The average molecular weight is 359 g/mol. The van der Waals surface area contributed by atoms with Crippen molar-refractivity contribution in [2.75, 3.05) is 5.32 Å². The first-order chi connectivity index (χ1) is 10.6. The number of benzene rings is 2. The zero-order valence-corrected chi connectivity index (χ0v) is 12.9. The van der Waals surface area contributed by atoms with E-state index in [2.05, 4.69) is 21.2 Å². The van der Waals surface area contributed by atoms with Crippen LogP contribution in [0.1, 0.15) is 20.9 Å². The Kier molecular flexibility index (Phi) is 3.68. The number of rotatable bonds is 3. The summed E-state index contributed by atoms with van der Waals surface area (Å²) in [6, 6.07) is 13.9. The fourth-order valence-electron chi connectivity index (χ4n) is 2.13. The largest absolute Gasteiger partial charge is 0.449 e. The number of nitrogens with one attached hydrogen (secondary N) is 1. The molecule has 0 radical (unpaired) electrons. The van der Waals surface area contributed by atoms with Gasteiger partial charge in [0, 0.05) is 15.4 Å².